The molecule has 0 bridgehead atoms. The lowest BCUT2D eigenvalue weighted by molar-refractivity contribution is 0.116. The summed E-state index contributed by atoms with van der Waals surface area (Å²) in [5.74, 6) is 1.84. The molecular formula is C18H30IN5O. The van der Waals surface area contributed by atoms with Gasteiger partial charge in [-0.1, -0.05) is 18.2 Å². The van der Waals surface area contributed by atoms with Crippen LogP contribution < -0.4 is 15.4 Å². The highest BCUT2D eigenvalue weighted by molar-refractivity contribution is 14.0. The highest BCUT2D eigenvalue weighted by atomic mass is 127. The van der Waals surface area contributed by atoms with Gasteiger partial charge in [0.25, 0.3) is 0 Å². The van der Waals surface area contributed by atoms with E-state index < -0.39 is 0 Å². The molecule has 3 rings (SSSR count). The van der Waals surface area contributed by atoms with Gasteiger partial charge in [-0.2, -0.15) is 0 Å². The van der Waals surface area contributed by atoms with E-state index in [1.165, 1.54) is 5.56 Å². The van der Waals surface area contributed by atoms with Crippen molar-refractivity contribution in [3.8, 4) is 5.75 Å². The zero-order chi connectivity index (χ0) is 16.9. The number of aliphatic imine (C=N–C) groups is 1. The Morgan fingerprint density at radius 2 is 2.08 bits per heavy atom. The highest BCUT2D eigenvalue weighted by Crippen LogP contribution is 2.31. The summed E-state index contributed by atoms with van der Waals surface area (Å²) < 4.78 is 5.74. The lowest BCUT2D eigenvalue weighted by Crippen LogP contribution is -2.55. The van der Waals surface area contributed by atoms with Crippen molar-refractivity contribution in [1.29, 1.82) is 0 Å². The molecule has 6 nitrogen and oxygen atoms in total. The number of guanidine groups is 1. The summed E-state index contributed by atoms with van der Waals surface area (Å²) >= 11 is 0. The summed E-state index contributed by atoms with van der Waals surface area (Å²) in [5, 5.41) is 7.05. The summed E-state index contributed by atoms with van der Waals surface area (Å²) in [5.41, 5.74) is 1.21. The van der Waals surface area contributed by atoms with Crippen molar-refractivity contribution < 1.29 is 4.74 Å². The molecule has 140 valence electrons. The third-order valence-electron chi connectivity index (χ3n) is 4.98. The van der Waals surface area contributed by atoms with Gasteiger partial charge in [0.2, 0.25) is 0 Å². The molecule has 2 heterocycles. The minimum Gasteiger partial charge on any atom is -0.493 e. The van der Waals surface area contributed by atoms with Gasteiger partial charge in [-0.05, 0) is 20.2 Å². The Labute approximate surface area is 168 Å². The maximum absolute atomic E-state index is 5.74. The van der Waals surface area contributed by atoms with E-state index in [4.69, 9.17) is 4.74 Å². The Bertz CT molecular complexity index is 582. The van der Waals surface area contributed by atoms with Crippen LogP contribution in [0.15, 0.2) is 29.3 Å². The molecule has 1 aromatic rings. The summed E-state index contributed by atoms with van der Waals surface area (Å²) in [6.45, 7) is 4.97. The first-order chi connectivity index (χ1) is 11.7. The van der Waals surface area contributed by atoms with Gasteiger partial charge in [0.05, 0.1) is 12.6 Å². The molecule has 2 unspecified atom stereocenters. The zero-order valence-corrected chi connectivity index (χ0v) is 17.7. The lowest BCUT2D eigenvalue weighted by Gasteiger charge is -2.38. The first-order valence-corrected chi connectivity index (χ1v) is 8.75. The van der Waals surface area contributed by atoms with Gasteiger partial charge in [-0.25, -0.2) is 0 Å². The van der Waals surface area contributed by atoms with Gasteiger partial charge in [0, 0.05) is 51.3 Å². The van der Waals surface area contributed by atoms with Crippen molar-refractivity contribution in [3.63, 3.8) is 0 Å². The molecule has 1 aromatic carbocycles. The van der Waals surface area contributed by atoms with Gasteiger partial charge in [0.15, 0.2) is 5.96 Å². The van der Waals surface area contributed by atoms with Crippen molar-refractivity contribution in [2.24, 2.45) is 4.99 Å². The number of fused-ring (bicyclic) bond motifs is 1. The van der Waals surface area contributed by atoms with E-state index >= 15 is 0 Å². The van der Waals surface area contributed by atoms with Gasteiger partial charge < -0.3 is 20.3 Å². The Morgan fingerprint density at radius 1 is 1.28 bits per heavy atom. The minimum absolute atomic E-state index is 0. The molecule has 1 fully saturated rings. The molecule has 0 amide bonds. The number of rotatable bonds is 3. The number of benzene rings is 1. The Hall–Kier alpha value is -1.06. The Balaban J connectivity index is 0.00000225. The van der Waals surface area contributed by atoms with Crippen LogP contribution in [0.1, 0.15) is 18.0 Å². The fourth-order valence-corrected chi connectivity index (χ4v) is 3.39. The summed E-state index contributed by atoms with van der Waals surface area (Å²) in [6, 6.07) is 8.99. The van der Waals surface area contributed by atoms with Crippen LogP contribution in [0, 0.1) is 0 Å². The van der Waals surface area contributed by atoms with Crippen LogP contribution in [-0.2, 0) is 0 Å². The van der Waals surface area contributed by atoms with Crippen LogP contribution in [0.4, 0.5) is 0 Å². The van der Waals surface area contributed by atoms with Gasteiger partial charge >= 0.3 is 0 Å². The number of ether oxygens (including phenoxy) is 1. The molecule has 2 atom stereocenters. The molecule has 2 aliphatic rings. The Kier molecular flexibility index (Phi) is 7.77. The van der Waals surface area contributed by atoms with Crippen molar-refractivity contribution in [2.45, 2.75) is 18.5 Å². The second-order valence-corrected chi connectivity index (χ2v) is 6.72. The second kappa shape index (κ2) is 9.59. The molecule has 0 radical (unpaired) electrons. The quantitative estimate of drug-likeness (QED) is 0.408. The molecule has 2 N–H and O–H groups in total. The topological polar surface area (TPSA) is 52.1 Å². The van der Waals surface area contributed by atoms with E-state index in [9.17, 15) is 0 Å². The van der Waals surface area contributed by atoms with Crippen LogP contribution in [0.3, 0.4) is 0 Å². The average molecular weight is 459 g/mol. The maximum Gasteiger partial charge on any atom is 0.191 e. The average Bonchev–Trinajstić information content (AvgIpc) is 2.61. The van der Waals surface area contributed by atoms with Crippen LogP contribution in [0.5, 0.6) is 5.75 Å². The number of hydrogen-bond donors (Lipinski definition) is 2. The SMILES string of the molecule is CN=C(NCC1CN(C)CCN1C)NC1CCOc2ccccc21.I. The van der Waals surface area contributed by atoms with E-state index in [0.29, 0.717) is 6.04 Å². The normalized spacial score (nSPS) is 24.7. The van der Waals surface area contributed by atoms with Crippen LogP contribution in [-0.4, -0.2) is 75.7 Å². The third-order valence-corrected chi connectivity index (χ3v) is 4.98. The van der Waals surface area contributed by atoms with E-state index in [-0.39, 0.29) is 30.0 Å². The second-order valence-electron chi connectivity index (χ2n) is 6.72. The number of nitrogens with zero attached hydrogens (tertiary/aromatic N) is 3. The molecule has 0 aliphatic carbocycles. The molecule has 0 saturated carbocycles. The Morgan fingerprint density at radius 3 is 2.88 bits per heavy atom. The van der Waals surface area contributed by atoms with Crippen LogP contribution >= 0.6 is 24.0 Å². The molecule has 0 spiro atoms. The number of halogens is 1. The van der Waals surface area contributed by atoms with E-state index in [1.807, 2.05) is 19.2 Å². The predicted molar refractivity (Wildman–Crippen MR) is 113 cm³/mol. The summed E-state index contributed by atoms with van der Waals surface area (Å²) in [7, 11) is 6.22. The largest absolute Gasteiger partial charge is 0.493 e. The highest BCUT2D eigenvalue weighted by Gasteiger charge is 2.24. The maximum atomic E-state index is 5.74. The summed E-state index contributed by atoms with van der Waals surface area (Å²) in [6.07, 6.45) is 0.948. The molecule has 0 aromatic heterocycles. The molecular weight excluding hydrogens is 429 g/mol. The zero-order valence-electron chi connectivity index (χ0n) is 15.4. The number of nitrogens with one attached hydrogen (secondary N) is 2. The van der Waals surface area contributed by atoms with Crippen LogP contribution in [0.2, 0.25) is 0 Å². The van der Waals surface area contributed by atoms with Crippen molar-refractivity contribution in [1.82, 2.24) is 20.4 Å². The van der Waals surface area contributed by atoms with Gasteiger partial charge in [0.1, 0.15) is 5.75 Å². The number of para-hydroxylation sites is 1. The van der Waals surface area contributed by atoms with E-state index in [0.717, 1.165) is 50.9 Å². The summed E-state index contributed by atoms with van der Waals surface area (Å²) in [4.78, 5) is 9.21. The fourth-order valence-electron chi connectivity index (χ4n) is 3.39. The molecule has 2 aliphatic heterocycles. The van der Waals surface area contributed by atoms with E-state index in [2.05, 4.69) is 51.7 Å². The minimum atomic E-state index is 0. The molecule has 7 heteroatoms. The predicted octanol–water partition coefficient (Wildman–Crippen LogP) is 1.54. The number of hydrogen-bond acceptors (Lipinski definition) is 4. The van der Waals surface area contributed by atoms with Crippen molar-refractivity contribution in [2.75, 3.05) is 53.9 Å². The fraction of sp³-hybridized carbons (Fsp3) is 0.611. The monoisotopic (exact) mass is 459 g/mol. The van der Waals surface area contributed by atoms with E-state index in [1.54, 1.807) is 0 Å². The first kappa shape index (κ1) is 20.3. The van der Waals surface area contributed by atoms with Gasteiger partial charge in [-0.3, -0.25) is 9.89 Å². The van der Waals surface area contributed by atoms with Crippen molar-refractivity contribution in [3.05, 3.63) is 29.8 Å². The van der Waals surface area contributed by atoms with Gasteiger partial charge in [-0.15, -0.1) is 24.0 Å². The smallest absolute Gasteiger partial charge is 0.191 e. The standard InChI is InChI=1S/C18H29N5O.HI/c1-19-18(20-12-14-13-22(2)9-10-23(14)3)21-16-8-11-24-17-7-5-4-6-15(16)17;/h4-7,14,16H,8-13H2,1-3H3,(H2,19,20,21);1H. The third kappa shape index (κ3) is 5.21. The molecule has 25 heavy (non-hydrogen) atoms. The number of likely N-dealkylation sites (N-methyl/N-ethyl adjacent to an activating group) is 2. The lowest BCUT2D eigenvalue weighted by atomic mass is 10.0. The van der Waals surface area contributed by atoms with Crippen molar-refractivity contribution >= 4 is 29.9 Å². The first-order valence-electron chi connectivity index (χ1n) is 8.75. The number of piperazine rings is 1. The molecule has 1 saturated heterocycles. The van der Waals surface area contributed by atoms with Crippen LogP contribution in [0.25, 0.3) is 0 Å².